The summed E-state index contributed by atoms with van der Waals surface area (Å²) in [5, 5.41) is 10.6. The van der Waals surface area contributed by atoms with Crippen molar-refractivity contribution in [3.8, 4) is 0 Å². The molecule has 1 fully saturated rings. The first-order chi connectivity index (χ1) is 12.2. The highest BCUT2D eigenvalue weighted by atomic mass is 16.3. The third kappa shape index (κ3) is 3.32. The van der Waals surface area contributed by atoms with Gasteiger partial charge in [-0.15, -0.1) is 0 Å². The minimum absolute atomic E-state index is 0.135. The van der Waals surface area contributed by atoms with Crippen LogP contribution in [0.4, 0.5) is 5.69 Å². The number of carbonyl (C=O) groups excluding carboxylic acids is 1. The number of hydrogen-bond donors (Lipinski definition) is 1. The van der Waals surface area contributed by atoms with Gasteiger partial charge in [0.25, 0.3) is 0 Å². The maximum Gasteiger partial charge on any atom is 0.241 e. The lowest BCUT2D eigenvalue weighted by Crippen LogP contribution is -2.47. The summed E-state index contributed by atoms with van der Waals surface area (Å²) in [4.78, 5) is 16.7. The third-order valence-corrected chi connectivity index (χ3v) is 5.44. The van der Waals surface area contributed by atoms with Crippen LogP contribution in [0.15, 0.2) is 54.6 Å². The molecule has 25 heavy (non-hydrogen) atoms. The van der Waals surface area contributed by atoms with Crippen LogP contribution in [0.5, 0.6) is 0 Å². The molecule has 2 aliphatic rings. The highest BCUT2D eigenvalue weighted by Gasteiger charge is 2.31. The molecule has 2 aromatic carbocycles. The van der Waals surface area contributed by atoms with E-state index in [4.69, 9.17) is 0 Å². The van der Waals surface area contributed by atoms with E-state index in [0.717, 1.165) is 31.6 Å². The number of β-amino-alcohol motifs (C(OH)–C–C–N with tert-alkyl or cyclic N) is 1. The van der Waals surface area contributed by atoms with Crippen molar-refractivity contribution < 1.29 is 9.90 Å². The fraction of sp³-hybridized carbons (Fsp3) is 0.381. The molecule has 0 saturated carbocycles. The first-order valence-electron chi connectivity index (χ1n) is 9.06. The molecule has 0 radical (unpaired) electrons. The van der Waals surface area contributed by atoms with Crippen molar-refractivity contribution in [3.05, 3.63) is 65.7 Å². The fourth-order valence-electron chi connectivity index (χ4n) is 4.10. The Morgan fingerprint density at radius 3 is 2.60 bits per heavy atom. The number of piperidine rings is 1. The highest BCUT2D eigenvalue weighted by molar-refractivity contribution is 5.96. The maximum atomic E-state index is 12.7. The fourth-order valence-corrected chi connectivity index (χ4v) is 4.10. The Hall–Kier alpha value is -2.17. The zero-order chi connectivity index (χ0) is 17.2. The van der Waals surface area contributed by atoms with Gasteiger partial charge < -0.3 is 10.0 Å². The van der Waals surface area contributed by atoms with Crippen LogP contribution < -0.4 is 4.90 Å². The molecule has 1 N–H and O–H groups in total. The van der Waals surface area contributed by atoms with Crippen molar-refractivity contribution >= 4 is 11.6 Å². The minimum Gasteiger partial charge on any atom is -0.391 e. The number of carbonyl (C=O) groups is 1. The zero-order valence-corrected chi connectivity index (χ0v) is 14.3. The molecule has 2 heterocycles. The summed E-state index contributed by atoms with van der Waals surface area (Å²) in [5.41, 5.74) is 3.49. The number of fused-ring (bicyclic) bond motifs is 1. The standard InChI is InChI=1S/C21H24N2O2/c24-20-14-22(12-11-18(20)16-6-2-1-3-7-16)15-21(25)23-13-10-17-8-4-5-9-19(17)23/h1-9,18,20,24H,10-15H2/t18-,20+/m0/s1. The number of anilines is 1. The van der Waals surface area contributed by atoms with Gasteiger partial charge in [-0.3, -0.25) is 9.69 Å². The first-order valence-corrected chi connectivity index (χ1v) is 9.06. The Morgan fingerprint density at radius 1 is 1.04 bits per heavy atom. The van der Waals surface area contributed by atoms with Crippen LogP contribution in [0.25, 0.3) is 0 Å². The van der Waals surface area contributed by atoms with Crippen LogP contribution in [0.2, 0.25) is 0 Å². The number of amides is 1. The maximum absolute atomic E-state index is 12.7. The molecular weight excluding hydrogens is 312 g/mol. The number of likely N-dealkylation sites (tertiary alicyclic amines) is 1. The summed E-state index contributed by atoms with van der Waals surface area (Å²) in [6.45, 7) is 2.55. The van der Waals surface area contributed by atoms with Gasteiger partial charge in [0.15, 0.2) is 0 Å². The van der Waals surface area contributed by atoms with Crippen LogP contribution >= 0.6 is 0 Å². The molecule has 2 aromatic rings. The van der Waals surface area contributed by atoms with Gasteiger partial charge >= 0.3 is 0 Å². The quantitative estimate of drug-likeness (QED) is 0.936. The zero-order valence-electron chi connectivity index (χ0n) is 14.3. The van der Waals surface area contributed by atoms with E-state index in [1.165, 1.54) is 11.1 Å². The second-order valence-corrected chi connectivity index (χ2v) is 7.03. The monoisotopic (exact) mass is 336 g/mol. The Bertz CT molecular complexity index is 747. The molecule has 0 aliphatic carbocycles. The molecule has 4 nitrogen and oxygen atoms in total. The average molecular weight is 336 g/mol. The van der Waals surface area contributed by atoms with E-state index in [9.17, 15) is 9.90 Å². The van der Waals surface area contributed by atoms with E-state index in [1.807, 2.05) is 41.3 Å². The predicted octanol–water partition coefficient (Wildman–Crippen LogP) is 2.43. The van der Waals surface area contributed by atoms with Gasteiger partial charge in [-0.2, -0.15) is 0 Å². The van der Waals surface area contributed by atoms with Crippen molar-refractivity contribution in [1.29, 1.82) is 0 Å². The Labute approximate surface area is 148 Å². The predicted molar refractivity (Wildman–Crippen MR) is 98.7 cm³/mol. The van der Waals surface area contributed by atoms with Gasteiger partial charge in [-0.1, -0.05) is 48.5 Å². The summed E-state index contributed by atoms with van der Waals surface area (Å²) in [6.07, 6.45) is 1.39. The number of hydrogen-bond acceptors (Lipinski definition) is 3. The van der Waals surface area contributed by atoms with E-state index < -0.39 is 6.10 Å². The largest absolute Gasteiger partial charge is 0.391 e. The van der Waals surface area contributed by atoms with Crippen LogP contribution in [0.1, 0.15) is 23.5 Å². The van der Waals surface area contributed by atoms with Crippen LogP contribution in [-0.2, 0) is 11.2 Å². The van der Waals surface area contributed by atoms with E-state index >= 15 is 0 Å². The molecule has 130 valence electrons. The van der Waals surface area contributed by atoms with E-state index in [2.05, 4.69) is 23.1 Å². The highest BCUT2D eigenvalue weighted by Crippen LogP contribution is 2.30. The number of aliphatic hydroxyl groups excluding tert-OH is 1. The molecule has 1 amide bonds. The molecule has 2 atom stereocenters. The molecule has 4 rings (SSSR count). The average Bonchev–Trinajstić information content (AvgIpc) is 3.07. The van der Waals surface area contributed by atoms with Crippen molar-refractivity contribution in [3.63, 3.8) is 0 Å². The van der Waals surface area contributed by atoms with Crippen LogP contribution in [0.3, 0.4) is 0 Å². The normalized spacial score (nSPS) is 23.5. The summed E-state index contributed by atoms with van der Waals surface area (Å²) in [5.74, 6) is 0.301. The van der Waals surface area contributed by atoms with Gasteiger partial charge in [-0.05, 0) is 36.6 Å². The number of aliphatic hydroxyl groups is 1. The molecule has 0 aromatic heterocycles. The molecule has 4 heteroatoms. The number of nitrogens with zero attached hydrogens (tertiary/aromatic N) is 2. The van der Waals surface area contributed by atoms with Crippen molar-refractivity contribution in [1.82, 2.24) is 4.90 Å². The van der Waals surface area contributed by atoms with Crippen molar-refractivity contribution in [2.45, 2.75) is 24.9 Å². The minimum atomic E-state index is -0.421. The summed E-state index contributed by atoms with van der Waals surface area (Å²) < 4.78 is 0. The van der Waals surface area contributed by atoms with E-state index in [-0.39, 0.29) is 11.8 Å². The van der Waals surface area contributed by atoms with E-state index in [0.29, 0.717) is 13.1 Å². The van der Waals surface area contributed by atoms with Crippen molar-refractivity contribution in [2.24, 2.45) is 0 Å². The van der Waals surface area contributed by atoms with E-state index in [1.54, 1.807) is 0 Å². The van der Waals surface area contributed by atoms with Crippen LogP contribution in [-0.4, -0.2) is 48.2 Å². The Morgan fingerprint density at radius 2 is 1.80 bits per heavy atom. The molecule has 0 spiro atoms. The molecular formula is C21H24N2O2. The number of benzene rings is 2. The first kappa shape index (κ1) is 16.3. The summed E-state index contributed by atoms with van der Waals surface area (Å²) in [7, 11) is 0. The number of para-hydroxylation sites is 1. The lowest BCUT2D eigenvalue weighted by atomic mass is 9.87. The lowest BCUT2D eigenvalue weighted by Gasteiger charge is -2.36. The Balaban J connectivity index is 1.38. The number of rotatable bonds is 3. The SMILES string of the molecule is O=C(CN1CC[C@@H](c2ccccc2)[C@H](O)C1)N1CCc2ccccc21. The van der Waals surface area contributed by atoms with Gasteiger partial charge in [0.1, 0.15) is 0 Å². The second-order valence-electron chi connectivity index (χ2n) is 7.03. The van der Waals surface area contributed by atoms with Gasteiger partial charge in [-0.25, -0.2) is 0 Å². The molecule has 1 saturated heterocycles. The van der Waals surface area contributed by atoms with Gasteiger partial charge in [0, 0.05) is 24.7 Å². The summed E-state index contributed by atoms with van der Waals surface area (Å²) >= 11 is 0. The molecule has 0 unspecified atom stereocenters. The van der Waals surface area contributed by atoms with Gasteiger partial charge in [0.05, 0.1) is 12.6 Å². The van der Waals surface area contributed by atoms with Crippen molar-refractivity contribution in [2.75, 3.05) is 31.1 Å². The third-order valence-electron chi connectivity index (χ3n) is 5.44. The lowest BCUT2D eigenvalue weighted by molar-refractivity contribution is -0.120. The second kappa shape index (κ2) is 6.98. The molecule has 0 bridgehead atoms. The van der Waals surface area contributed by atoms with Gasteiger partial charge in [0.2, 0.25) is 5.91 Å². The molecule has 2 aliphatic heterocycles. The Kier molecular flexibility index (Phi) is 4.55. The topological polar surface area (TPSA) is 43.8 Å². The van der Waals surface area contributed by atoms with Crippen LogP contribution in [0, 0.1) is 0 Å². The smallest absolute Gasteiger partial charge is 0.241 e. The summed E-state index contributed by atoms with van der Waals surface area (Å²) in [6, 6.07) is 18.3.